The molecule has 9 aromatic carbocycles. The Kier molecular flexibility index (Phi) is 7.52. The maximum atomic E-state index is 6.59. The van der Waals surface area contributed by atoms with Crippen molar-refractivity contribution in [3.05, 3.63) is 246 Å². The van der Waals surface area contributed by atoms with Crippen LogP contribution in [0, 0.1) is 0 Å². The fourth-order valence-electron chi connectivity index (χ4n) is 10.8. The second-order valence-electron chi connectivity index (χ2n) is 16.8. The van der Waals surface area contributed by atoms with Crippen molar-refractivity contribution in [2.24, 2.45) is 0 Å². The Morgan fingerprint density at radius 1 is 0.383 bits per heavy atom. The number of benzene rings is 9. The molecule has 0 bridgehead atoms. The summed E-state index contributed by atoms with van der Waals surface area (Å²) in [6.45, 7) is 4.72. The van der Waals surface area contributed by atoms with Crippen LogP contribution < -0.4 is 4.90 Å². The van der Waals surface area contributed by atoms with Crippen LogP contribution in [0.1, 0.15) is 47.2 Å². The zero-order valence-electron chi connectivity index (χ0n) is 33.6. The predicted octanol–water partition coefficient (Wildman–Crippen LogP) is 15.4. The highest BCUT2D eigenvalue weighted by Crippen LogP contribution is 2.59. The van der Waals surface area contributed by atoms with E-state index >= 15 is 0 Å². The number of fused-ring (bicyclic) bond motifs is 9. The zero-order valence-corrected chi connectivity index (χ0v) is 33.6. The van der Waals surface area contributed by atoms with Crippen LogP contribution in [-0.2, 0) is 10.8 Å². The number of para-hydroxylation sites is 2. The van der Waals surface area contributed by atoms with Gasteiger partial charge in [0.2, 0.25) is 0 Å². The van der Waals surface area contributed by atoms with Crippen molar-refractivity contribution in [2.45, 2.75) is 24.7 Å². The molecule has 0 aliphatic heterocycles. The van der Waals surface area contributed by atoms with Gasteiger partial charge in [0.15, 0.2) is 0 Å². The van der Waals surface area contributed by atoms with Crippen molar-refractivity contribution in [1.29, 1.82) is 0 Å². The normalized spacial score (nSPS) is 14.1. The first kappa shape index (κ1) is 34.6. The van der Waals surface area contributed by atoms with Crippen LogP contribution in [0.25, 0.3) is 55.3 Å². The van der Waals surface area contributed by atoms with Gasteiger partial charge in [0.25, 0.3) is 0 Å². The number of rotatable bonds is 6. The molecule has 0 fully saturated rings. The first-order valence-electron chi connectivity index (χ1n) is 20.9. The van der Waals surface area contributed by atoms with Gasteiger partial charge in [-0.25, -0.2) is 0 Å². The van der Waals surface area contributed by atoms with Crippen LogP contribution >= 0.6 is 0 Å². The zero-order chi connectivity index (χ0) is 40.0. The number of hydrogen-bond donors (Lipinski definition) is 0. The fourth-order valence-corrected chi connectivity index (χ4v) is 10.8. The summed E-state index contributed by atoms with van der Waals surface area (Å²) in [5, 5.41) is 2.19. The minimum atomic E-state index is -0.542. The van der Waals surface area contributed by atoms with Crippen LogP contribution in [0.15, 0.2) is 217 Å². The van der Waals surface area contributed by atoms with Gasteiger partial charge in [-0.1, -0.05) is 190 Å². The largest absolute Gasteiger partial charge is 0.456 e. The second-order valence-corrected chi connectivity index (χ2v) is 16.8. The smallest absolute Gasteiger partial charge is 0.137 e. The van der Waals surface area contributed by atoms with E-state index in [0.29, 0.717) is 0 Å². The number of anilines is 3. The molecular weight excluding hydrogens is 727 g/mol. The monoisotopic (exact) mass is 767 g/mol. The lowest BCUT2D eigenvalue weighted by atomic mass is 9.67. The standard InChI is InChI=1S/C58H41NO/c1-57(2)47-28-13-10-25-45(47)55-44(27-17-30-49(55)57)43-24-11-15-31-51(43)59(52-32-18-34-54-56(52)46-26-12-16-33-53(46)60-54)40-35-36-42-41-23-9-14-29-48(41)58(50(42)37-40,38-19-5-3-6-20-38)39-21-7-4-8-22-39/h3-37H,1-2H3. The first-order valence-corrected chi connectivity index (χ1v) is 20.9. The Morgan fingerprint density at radius 3 is 1.72 bits per heavy atom. The quantitative estimate of drug-likeness (QED) is 0.168. The third kappa shape index (κ3) is 4.76. The Labute approximate surface area is 350 Å². The summed E-state index contributed by atoms with van der Waals surface area (Å²) in [6.07, 6.45) is 0. The van der Waals surface area contributed by atoms with E-state index in [4.69, 9.17) is 4.42 Å². The summed E-state index contributed by atoms with van der Waals surface area (Å²) in [4.78, 5) is 2.50. The van der Waals surface area contributed by atoms with E-state index in [1.165, 1.54) is 66.8 Å². The summed E-state index contributed by atoms with van der Waals surface area (Å²) in [5.74, 6) is 0. The third-order valence-electron chi connectivity index (χ3n) is 13.4. The van der Waals surface area contributed by atoms with Crippen LogP contribution in [0.3, 0.4) is 0 Å². The lowest BCUT2D eigenvalue weighted by molar-refractivity contribution is 0.660. The fraction of sp³-hybridized carbons (Fsp3) is 0.0690. The van der Waals surface area contributed by atoms with Gasteiger partial charge < -0.3 is 9.32 Å². The highest BCUT2D eigenvalue weighted by atomic mass is 16.3. The maximum Gasteiger partial charge on any atom is 0.137 e. The average Bonchev–Trinajstić information content (AvgIpc) is 3.91. The molecule has 12 rings (SSSR count). The Balaban J connectivity index is 1.18. The Bertz CT molecular complexity index is 3260. The maximum absolute atomic E-state index is 6.59. The molecule has 0 saturated heterocycles. The van der Waals surface area contributed by atoms with E-state index in [2.05, 4.69) is 231 Å². The van der Waals surface area contributed by atoms with E-state index in [1.54, 1.807) is 0 Å². The van der Waals surface area contributed by atoms with Gasteiger partial charge in [-0.2, -0.15) is 0 Å². The van der Waals surface area contributed by atoms with E-state index in [9.17, 15) is 0 Å². The first-order chi connectivity index (χ1) is 29.5. The van der Waals surface area contributed by atoms with Crippen molar-refractivity contribution in [3.63, 3.8) is 0 Å². The molecule has 284 valence electrons. The topological polar surface area (TPSA) is 16.4 Å². The van der Waals surface area contributed by atoms with Gasteiger partial charge in [0, 0.05) is 22.1 Å². The average molecular weight is 768 g/mol. The Morgan fingerprint density at radius 2 is 0.933 bits per heavy atom. The predicted molar refractivity (Wildman–Crippen MR) is 249 cm³/mol. The van der Waals surface area contributed by atoms with E-state index in [0.717, 1.165) is 39.0 Å². The summed E-state index contributed by atoms with van der Waals surface area (Å²) < 4.78 is 6.59. The van der Waals surface area contributed by atoms with Gasteiger partial charge in [-0.3, -0.25) is 0 Å². The van der Waals surface area contributed by atoms with Crippen LogP contribution in [0.5, 0.6) is 0 Å². The SMILES string of the molecule is CC1(C)c2ccccc2-c2c(-c3ccccc3N(c3ccc4c(c3)C(c3ccccc3)(c3ccccc3)c3ccccc3-4)c3cccc4oc5ccccc5c34)cccc21. The summed E-state index contributed by atoms with van der Waals surface area (Å²) in [7, 11) is 0. The third-order valence-corrected chi connectivity index (χ3v) is 13.4. The molecule has 0 amide bonds. The van der Waals surface area contributed by atoms with Crippen LogP contribution in [0.4, 0.5) is 17.1 Å². The molecule has 0 unspecified atom stereocenters. The molecule has 0 N–H and O–H groups in total. The highest BCUT2D eigenvalue weighted by Gasteiger charge is 2.46. The highest BCUT2D eigenvalue weighted by molar-refractivity contribution is 6.14. The number of nitrogens with zero attached hydrogens (tertiary/aromatic N) is 1. The van der Waals surface area contributed by atoms with Crippen molar-refractivity contribution >= 4 is 39.0 Å². The van der Waals surface area contributed by atoms with E-state index in [1.807, 2.05) is 0 Å². The van der Waals surface area contributed by atoms with Gasteiger partial charge in [-0.15, -0.1) is 0 Å². The molecule has 2 aliphatic carbocycles. The molecule has 2 aliphatic rings. The molecule has 1 heterocycles. The molecule has 2 nitrogen and oxygen atoms in total. The molecule has 0 saturated carbocycles. The van der Waals surface area contributed by atoms with Gasteiger partial charge in [0.1, 0.15) is 11.2 Å². The summed E-state index contributed by atoms with van der Waals surface area (Å²) in [5.41, 5.74) is 19.7. The molecule has 0 spiro atoms. The van der Waals surface area contributed by atoms with Crippen molar-refractivity contribution < 1.29 is 4.42 Å². The molecule has 1 aromatic heterocycles. The minimum absolute atomic E-state index is 0.120. The van der Waals surface area contributed by atoms with Crippen LogP contribution in [-0.4, -0.2) is 0 Å². The second kappa shape index (κ2) is 13.0. The molecular formula is C58H41NO. The van der Waals surface area contributed by atoms with Gasteiger partial charge in [0.05, 0.1) is 22.2 Å². The summed E-state index contributed by atoms with van der Waals surface area (Å²) in [6, 6.07) is 78.0. The molecule has 0 radical (unpaired) electrons. The van der Waals surface area contributed by atoms with E-state index in [-0.39, 0.29) is 5.41 Å². The molecule has 10 aromatic rings. The molecule has 2 heteroatoms. The van der Waals surface area contributed by atoms with Gasteiger partial charge >= 0.3 is 0 Å². The van der Waals surface area contributed by atoms with E-state index < -0.39 is 5.41 Å². The van der Waals surface area contributed by atoms with Crippen molar-refractivity contribution in [3.8, 4) is 33.4 Å². The minimum Gasteiger partial charge on any atom is -0.456 e. The van der Waals surface area contributed by atoms with Gasteiger partial charge in [-0.05, 0) is 97.6 Å². The lowest BCUT2D eigenvalue weighted by Crippen LogP contribution is -2.28. The number of hydrogen-bond acceptors (Lipinski definition) is 2. The van der Waals surface area contributed by atoms with Crippen molar-refractivity contribution in [1.82, 2.24) is 0 Å². The lowest BCUT2D eigenvalue weighted by Gasteiger charge is -2.35. The molecule has 60 heavy (non-hydrogen) atoms. The van der Waals surface area contributed by atoms with Crippen molar-refractivity contribution in [2.75, 3.05) is 4.90 Å². The summed E-state index contributed by atoms with van der Waals surface area (Å²) >= 11 is 0. The number of furan rings is 1. The Hall–Kier alpha value is -7.42. The van der Waals surface area contributed by atoms with Crippen LogP contribution in [0.2, 0.25) is 0 Å². The molecule has 0 atom stereocenters.